The third-order valence-corrected chi connectivity index (χ3v) is 5.24. The number of H-pyrrole nitrogens is 1. The third kappa shape index (κ3) is 3.53. The molecule has 2 heterocycles. The molecule has 0 spiro atoms. The monoisotopic (exact) mass is 416 g/mol. The molecule has 8 heteroatoms. The van der Waals surface area contributed by atoms with Gasteiger partial charge in [-0.3, -0.25) is 9.69 Å². The SMILES string of the molecule is CC(C)[C@H]1CN(c2ccc3cc(-c4ccccc4C(F)(F)F)[nH]c(=O)c3c2)C(=O)O1. The summed E-state index contributed by atoms with van der Waals surface area (Å²) >= 11 is 0. The Hall–Kier alpha value is -3.29. The number of hydrogen-bond donors (Lipinski definition) is 1. The smallest absolute Gasteiger partial charge is 0.417 e. The Bertz CT molecular complexity index is 1180. The molecule has 1 amide bonds. The average molecular weight is 416 g/mol. The zero-order valence-electron chi connectivity index (χ0n) is 16.3. The Morgan fingerprint density at radius 3 is 2.50 bits per heavy atom. The number of halogens is 3. The van der Waals surface area contributed by atoms with Gasteiger partial charge in [-0.05, 0) is 35.6 Å². The molecule has 156 valence electrons. The normalized spacial score (nSPS) is 17.1. The van der Waals surface area contributed by atoms with E-state index in [1.807, 2.05) is 13.8 Å². The number of nitrogens with zero attached hydrogens (tertiary/aromatic N) is 1. The van der Waals surface area contributed by atoms with Gasteiger partial charge in [0.25, 0.3) is 5.56 Å². The Morgan fingerprint density at radius 2 is 1.83 bits per heavy atom. The zero-order valence-corrected chi connectivity index (χ0v) is 16.3. The van der Waals surface area contributed by atoms with Crippen molar-refractivity contribution in [1.29, 1.82) is 0 Å². The van der Waals surface area contributed by atoms with Crippen LogP contribution in [-0.4, -0.2) is 23.7 Å². The summed E-state index contributed by atoms with van der Waals surface area (Å²) in [6.07, 6.45) is -5.28. The van der Waals surface area contributed by atoms with E-state index in [0.717, 1.165) is 6.07 Å². The topological polar surface area (TPSA) is 62.4 Å². The van der Waals surface area contributed by atoms with Crippen LogP contribution in [0.1, 0.15) is 19.4 Å². The number of carbonyl (C=O) groups is 1. The molecule has 0 radical (unpaired) electrons. The van der Waals surface area contributed by atoms with Crippen molar-refractivity contribution in [3.8, 4) is 11.3 Å². The van der Waals surface area contributed by atoms with Crippen LogP contribution in [0.2, 0.25) is 0 Å². The van der Waals surface area contributed by atoms with Gasteiger partial charge in [0.1, 0.15) is 6.10 Å². The van der Waals surface area contributed by atoms with E-state index in [1.54, 1.807) is 18.2 Å². The van der Waals surface area contributed by atoms with Gasteiger partial charge in [0.05, 0.1) is 12.1 Å². The molecule has 1 N–H and O–H groups in total. The first-order valence-corrected chi connectivity index (χ1v) is 9.47. The van der Waals surface area contributed by atoms with Crippen molar-refractivity contribution in [3.63, 3.8) is 0 Å². The van der Waals surface area contributed by atoms with Gasteiger partial charge in [0.2, 0.25) is 0 Å². The number of carbonyl (C=O) groups excluding carboxylic acids is 1. The number of alkyl halides is 3. The molecule has 1 aliphatic heterocycles. The largest absolute Gasteiger partial charge is 0.444 e. The second kappa shape index (κ2) is 7.19. The second-order valence-corrected chi connectivity index (χ2v) is 7.60. The van der Waals surface area contributed by atoms with Crippen LogP contribution in [0.25, 0.3) is 22.0 Å². The Balaban J connectivity index is 1.77. The number of nitrogens with one attached hydrogen (secondary N) is 1. The first-order valence-electron chi connectivity index (χ1n) is 9.47. The number of amides is 1. The number of pyridine rings is 1. The van der Waals surface area contributed by atoms with Gasteiger partial charge in [-0.1, -0.05) is 38.1 Å². The fourth-order valence-corrected chi connectivity index (χ4v) is 3.57. The Kier molecular flexibility index (Phi) is 4.80. The number of aromatic amines is 1. The number of rotatable bonds is 3. The minimum Gasteiger partial charge on any atom is -0.444 e. The number of benzene rings is 2. The highest BCUT2D eigenvalue weighted by molar-refractivity contribution is 5.94. The first kappa shape index (κ1) is 20.0. The number of aromatic nitrogens is 1. The van der Waals surface area contributed by atoms with Crippen LogP contribution in [0, 0.1) is 5.92 Å². The maximum absolute atomic E-state index is 13.4. The number of fused-ring (bicyclic) bond motifs is 1. The Labute approximate surface area is 170 Å². The minimum absolute atomic E-state index is 0.0774. The predicted octanol–water partition coefficient (Wildman–Crippen LogP) is 5.20. The highest BCUT2D eigenvalue weighted by Crippen LogP contribution is 2.36. The second-order valence-electron chi connectivity index (χ2n) is 7.60. The minimum atomic E-state index is -4.55. The summed E-state index contributed by atoms with van der Waals surface area (Å²) in [4.78, 5) is 28.9. The summed E-state index contributed by atoms with van der Waals surface area (Å²) in [5, 5.41) is 0.754. The molecule has 0 aliphatic carbocycles. The summed E-state index contributed by atoms with van der Waals surface area (Å²) in [5.41, 5.74) is -0.875. The van der Waals surface area contributed by atoms with Crippen LogP contribution in [-0.2, 0) is 10.9 Å². The fraction of sp³-hybridized carbons (Fsp3) is 0.273. The highest BCUT2D eigenvalue weighted by atomic mass is 19.4. The molecule has 1 saturated heterocycles. The molecule has 2 aromatic carbocycles. The Morgan fingerprint density at radius 1 is 1.10 bits per heavy atom. The van der Waals surface area contributed by atoms with Gasteiger partial charge >= 0.3 is 12.3 Å². The number of anilines is 1. The van der Waals surface area contributed by atoms with Gasteiger partial charge in [0.15, 0.2) is 0 Å². The molecule has 0 unspecified atom stereocenters. The third-order valence-electron chi connectivity index (χ3n) is 5.24. The van der Waals surface area contributed by atoms with E-state index in [1.165, 1.54) is 29.2 Å². The van der Waals surface area contributed by atoms with Gasteiger partial charge in [-0.2, -0.15) is 13.2 Å². The molecule has 0 saturated carbocycles. The quantitative estimate of drug-likeness (QED) is 0.639. The van der Waals surface area contributed by atoms with Crippen molar-refractivity contribution in [3.05, 3.63) is 64.4 Å². The average Bonchev–Trinajstić information content (AvgIpc) is 3.09. The van der Waals surface area contributed by atoms with E-state index in [9.17, 15) is 22.8 Å². The number of hydrogen-bond acceptors (Lipinski definition) is 3. The summed E-state index contributed by atoms with van der Waals surface area (Å²) in [6, 6.07) is 11.4. The molecule has 4 rings (SSSR count). The molecule has 0 bridgehead atoms. The molecular weight excluding hydrogens is 397 g/mol. The molecule has 3 aromatic rings. The highest BCUT2D eigenvalue weighted by Gasteiger charge is 2.35. The standard InChI is InChI=1S/C22H19F3N2O3/c1-12(2)19-11-27(21(29)30-19)14-8-7-13-9-18(26-20(28)16(13)10-14)15-5-3-4-6-17(15)22(23,24)25/h3-10,12,19H,11H2,1-2H3,(H,26,28)/t19-/m1/s1. The molecule has 1 fully saturated rings. The van der Waals surface area contributed by atoms with Crippen LogP contribution in [0.4, 0.5) is 23.7 Å². The first-order chi connectivity index (χ1) is 14.1. The lowest BCUT2D eigenvalue weighted by molar-refractivity contribution is -0.137. The van der Waals surface area contributed by atoms with E-state index in [-0.39, 0.29) is 28.7 Å². The van der Waals surface area contributed by atoms with Crippen molar-refractivity contribution in [2.45, 2.75) is 26.1 Å². The molecule has 30 heavy (non-hydrogen) atoms. The van der Waals surface area contributed by atoms with Crippen LogP contribution < -0.4 is 10.5 Å². The van der Waals surface area contributed by atoms with Gasteiger partial charge in [-0.25, -0.2) is 4.79 Å². The van der Waals surface area contributed by atoms with E-state index >= 15 is 0 Å². The van der Waals surface area contributed by atoms with Crippen molar-refractivity contribution < 1.29 is 22.7 Å². The fourth-order valence-electron chi connectivity index (χ4n) is 3.57. The summed E-state index contributed by atoms with van der Waals surface area (Å²) < 4.78 is 45.4. The molecule has 5 nitrogen and oxygen atoms in total. The van der Waals surface area contributed by atoms with Gasteiger partial charge < -0.3 is 9.72 Å². The molecule has 1 atom stereocenters. The van der Waals surface area contributed by atoms with Crippen molar-refractivity contribution in [2.24, 2.45) is 5.92 Å². The van der Waals surface area contributed by atoms with Crippen molar-refractivity contribution >= 4 is 22.6 Å². The molecule has 1 aliphatic rings. The maximum atomic E-state index is 13.4. The van der Waals surface area contributed by atoms with Crippen molar-refractivity contribution in [2.75, 3.05) is 11.4 Å². The molecule has 1 aromatic heterocycles. The predicted molar refractivity (Wildman–Crippen MR) is 107 cm³/mol. The van der Waals surface area contributed by atoms with Gasteiger partial charge in [-0.15, -0.1) is 0 Å². The van der Waals surface area contributed by atoms with Crippen LogP contribution >= 0.6 is 0 Å². The lowest BCUT2D eigenvalue weighted by Crippen LogP contribution is -2.26. The van der Waals surface area contributed by atoms with E-state index in [4.69, 9.17) is 4.74 Å². The molecular formula is C22H19F3N2O3. The van der Waals surface area contributed by atoms with Crippen LogP contribution in [0.5, 0.6) is 0 Å². The van der Waals surface area contributed by atoms with E-state index in [0.29, 0.717) is 17.6 Å². The van der Waals surface area contributed by atoms with E-state index < -0.39 is 23.4 Å². The number of cyclic esters (lactones) is 1. The van der Waals surface area contributed by atoms with Crippen LogP contribution in [0.3, 0.4) is 0 Å². The van der Waals surface area contributed by atoms with Crippen LogP contribution in [0.15, 0.2) is 53.3 Å². The van der Waals surface area contributed by atoms with E-state index in [2.05, 4.69) is 4.98 Å². The maximum Gasteiger partial charge on any atom is 0.417 e. The lowest BCUT2D eigenvalue weighted by Gasteiger charge is -2.15. The summed E-state index contributed by atoms with van der Waals surface area (Å²) in [5.74, 6) is 0.152. The van der Waals surface area contributed by atoms with Crippen molar-refractivity contribution in [1.82, 2.24) is 4.98 Å². The lowest BCUT2D eigenvalue weighted by atomic mass is 10.0. The zero-order chi connectivity index (χ0) is 21.6. The number of ether oxygens (including phenoxy) is 1. The summed E-state index contributed by atoms with van der Waals surface area (Å²) in [6.45, 7) is 4.27. The van der Waals surface area contributed by atoms with Gasteiger partial charge in [0, 0.05) is 22.3 Å². The summed E-state index contributed by atoms with van der Waals surface area (Å²) in [7, 11) is 0.